The number of anilines is 1. The Morgan fingerprint density at radius 2 is 1.95 bits per heavy atom. The zero-order valence-corrected chi connectivity index (χ0v) is 12.9. The van der Waals surface area contributed by atoms with E-state index in [0.717, 1.165) is 10.6 Å². The molecule has 0 aromatic heterocycles. The number of rotatable bonds is 6. The van der Waals surface area contributed by atoms with Crippen molar-refractivity contribution in [3.8, 4) is 5.75 Å². The average molecular weight is 300 g/mol. The van der Waals surface area contributed by atoms with Gasteiger partial charge in [0.15, 0.2) is 0 Å². The van der Waals surface area contributed by atoms with Crippen molar-refractivity contribution in [2.75, 3.05) is 24.2 Å². The van der Waals surface area contributed by atoms with Crippen LogP contribution in [0.4, 0.5) is 5.69 Å². The van der Waals surface area contributed by atoms with Gasteiger partial charge in [0.1, 0.15) is 12.3 Å². The number of hydrogen-bond acceptors (Lipinski definition) is 4. The molecule has 0 atom stereocenters. The van der Waals surface area contributed by atoms with Gasteiger partial charge >= 0.3 is 0 Å². The topological polar surface area (TPSA) is 75.7 Å². The molecule has 0 radical (unpaired) electrons. The number of para-hydroxylation sites is 2. The van der Waals surface area contributed by atoms with E-state index in [-0.39, 0.29) is 18.5 Å². The number of nitrogens with zero attached hydrogens (tertiary/aromatic N) is 1. The van der Waals surface area contributed by atoms with Crippen molar-refractivity contribution in [2.24, 2.45) is 0 Å². The first-order chi connectivity index (χ1) is 9.25. The minimum absolute atomic E-state index is 0.0541. The summed E-state index contributed by atoms with van der Waals surface area (Å²) in [6, 6.07) is 6.62. The van der Waals surface area contributed by atoms with Crippen LogP contribution in [0.3, 0.4) is 0 Å². The van der Waals surface area contributed by atoms with Crippen LogP contribution >= 0.6 is 0 Å². The molecule has 20 heavy (non-hydrogen) atoms. The van der Waals surface area contributed by atoms with Crippen LogP contribution in [0.5, 0.6) is 5.75 Å². The molecule has 0 aliphatic carbocycles. The summed E-state index contributed by atoms with van der Waals surface area (Å²) < 4.78 is 30.0. The van der Waals surface area contributed by atoms with Crippen LogP contribution in [0.2, 0.25) is 0 Å². The summed E-state index contributed by atoms with van der Waals surface area (Å²) in [4.78, 5) is 11.8. The van der Waals surface area contributed by atoms with E-state index in [9.17, 15) is 13.2 Å². The van der Waals surface area contributed by atoms with Crippen molar-refractivity contribution in [3.63, 3.8) is 0 Å². The van der Waals surface area contributed by atoms with Gasteiger partial charge in [0, 0.05) is 6.04 Å². The maximum Gasteiger partial charge on any atom is 0.240 e. The predicted molar refractivity (Wildman–Crippen MR) is 78.5 cm³/mol. The minimum atomic E-state index is -3.59. The highest BCUT2D eigenvalue weighted by Gasteiger charge is 2.23. The molecule has 1 N–H and O–H groups in total. The largest absolute Gasteiger partial charge is 0.495 e. The second-order valence-corrected chi connectivity index (χ2v) is 6.57. The molecule has 1 aromatic carbocycles. The zero-order valence-electron chi connectivity index (χ0n) is 12.1. The third-order valence-electron chi connectivity index (χ3n) is 2.49. The van der Waals surface area contributed by atoms with E-state index in [1.54, 1.807) is 24.3 Å². The lowest BCUT2D eigenvalue weighted by Gasteiger charge is -2.24. The third-order valence-corrected chi connectivity index (χ3v) is 3.62. The Balaban J connectivity index is 3.11. The normalized spacial score (nSPS) is 11.2. The summed E-state index contributed by atoms with van der Waals surface area (Å²) in [5.74, 6) is 0.0339. The molecule has 0 bridgehead atoms. The fourth-order valence-electron chi connectivity index (χ4n) is 1.71. The summed E-state index contributed by atoms with van der Waals surface area (Å²) in [6.45, 7) is 3.34. The quantitative estimate of drug-likeness (QED) is 0.850. The molecule has 0 aliphatic heterocycles. The lowest BCUT2D eigenvalue weighted by Crippen LogP contribution is -2.42. The van der Waals surface area contributed by atoms with Crippen LogP contribution in [0.25, 0.3) is 0 Å². The van der Waals surface area contributed by atoms with Crippen LogP contribution in [0.15, 0.2) is 24.3 Å². The summed E-state index contributed by atoms with van der Waals surface area (Å²) in [5.41, 5.74) is 0.344. The Bertz CT molecular complexity index is 569. The second kappa shape index (κ2) is 6.60. The molecule has 1 rings (SSSR count). The van der Waals surface area contributed by atoms with Crippen LogP contribution in [-0.2, 0) is 14.8 Å². The highest BCUT2D eigenvalue weighted by atomic mass is 32.2. The van der Waals surface area contributed by atoms with Gasteiger partial charge < -0.3 is 10.1 Å². The molecule has 0 saturated carbocycles. The number of hydrogen-bond donors (Lipinski definition) is 1. The number of methoxy groups -OCH3 is 1. The van der Waals surface area contributed by atoms with E-state index in [0.29, 0.717) is 11.4 Å². The van der Waals surface area contributed by atoms with Gasteiger partial charge in [0.25, 0.3) is 0 Å². The van der Waals surface area contributed by atoms with Gasteiger partial charge in [0.05, 0.1) is 19.1 Å². The van der Waals surface area contributed by atoms with E-state index in [1.165, 1.54) is 7.11 Å². The van der Waals surface area contributed by atoms with Crippen LogP contribution < -0.4 is 14.4 Å². The Labute approximate surface area is 119 Å². The minimum Gasteiger partial charge on any atom is -0.495 e. The molecule has 0 fully saturated rings. The zero-order chi connectivity index (χ0) is 15.3. The standard InChI is InChI=1S/C13H20N2O4S/c1-10(2)14-13(16)9-15(20(4,17)18)11-7-5-6-8-12(11)19-3/h5-8,10H,9H2,1-4H3,(H,14,16). The third kappa shape index (κ3) is 4.41. The molecule has 7 heteroatoms. The highest BCUT2D eigenvalue weighted by Crippen LogP contribution is 2.29. The van der Waals surface area contributed by atoms with E-state index in [2.05, 4.69) is 5.32 Å². The molecule has 0 unspecified atom stereocenters. The number of sulfonamides is 1. The van der Waals surface area contributed by atoms with E-state index >= 15 is 0 Å². The van der Waals surface area contributed by atoms with Crippen molar-refractivity contribution >= 4 is 21.6 Å². The van der Waals surface area contributed by atoms with Gasteiger partial charge in [-0.15, -0.1) is 0 Å². The molecular formula is C13H20N2O4S. The smallest absolute Gasteiger partial charge is 0.240 e. The van der Waals surface area contributed by atoms with Gasteiger partial charge in [-0.3, -0.25) is 9.10 Å². The average Bonchev–Trinajstić information content (AvgIpc) is 2.33. The van der Waals surface area contributed by atoms with Crippen molar-refractivity contribution in [1.82, 2.24) is 5.32 Å². The van der Waals surface area contributed by atoms with E-state index < -0.39 is 10.0 Å². The fourth-order valence-corrected chi connectivity index (χ4v) is 2.57. The lowest BCUT2D eigenvalue weighted by molar-refractivity contribution is -0.120. The SMILES string of the molecule is COc1ccccc1N(CC(=O)NC(C)C)S(C)(=O)=O. The lowest BCUT2D eigenvalue weighted by atomic mass is 10.3. The van der Waals surface area contributed by atoms with Crippen LogP contribution in [0, 0.1) is 0 Å². The maximum atomic E-state index is 11.9. The Kier molecular flexibility index (Phi) is 5.38. The molecule has 1 aromatic rings. The summed E-state index contributed by atoms with van der Waals surface area (Å²) >= 11 is 0. The molecule has 0 spiro atoms. The molecule has 0 aliphatic rings. The van der Waals surface area contributed by atoms with E-state index in [4.69, 9.17) is 4.74 Å². The molecule has 0 saturated heterocycles. The highest BCUT2D eigenvalue weighted by molar-refractivity contribution is 7.92. The van der Waals surface area contributed by atoms with Crippen molar-refractivity contribution < 1.29 is 17.9 Å². The van der Waals surface area contributed by atoms with Crippen LogP contribution in [0.1, 0.15) is 13.8 Å². The Morgan fingerprint density at radius 1 is 1.35 bits per heavy atom. The monoisotopic (exact) mass is 300 g/mol. The van der Waals surface area contributed by atoms with Gasteiger partial charge in [0.2, 0.25) is 15.9 Å². The second-order valence-electron chi connectivity index (χ2n) is 4.66. The first-order valence-corrected chi connectivity index (χ1v) is 8.00. The maximum absolute atomic E-state index is 11.9. The molecular weight excluding hydrogens is 280 g/mol. The molecule has 0 heterocycles. The predicted octanol–water partition coefficient (Wildman–Crippen LogP) is 0.986. The van der Waals surface area contributed by atoms with Gasteiger partial charge in [-0.1, -0.05) is 12.1 Å². The van der Waals surface area contributed by atoms with Gasteiger partial charge in [-0.25, -0.2) is 8.42 Å². The summed E-state index contributed by atoms with van der Waals surface area (Å²) in [5, 5.41) is 2.67. The van der Waals surface area contributed by atoms with Gasteiger partial charge in [-0.05, 0) is 26.0 Å². The number of carbonyl (C=O) groups is 1. The molecule has 6 nitrogen and oxygen atoms in total. The Morgan fingerprint density at radius 3 is 2.45 bits per heavy atom. The van der Waals surface area contributed by atoms with Crippen molar-refractivity contribution in [1.29, 1.82) is 0 Å². The van der Waals surface area contributed by atoms with E-state index in [1.807, 2.05) is 13.8 Å². The number of carbonyl (C=O) groups excluding carboxylic acids is 1. The number of amides is 1. The van der Waals surface area contributed by atoms with Crippen molar-refractivity contribution in [3.05, 3.63) is 24.3 Å². The molecule has 1 amide bonds. The summed E-state index contributed by atoms with van der Waals surface area (Å²) in [6.07, 6.45) is 1.06. The molecule has 112 valence electrons. The first kappa shape index (κ1) is 16.3. The fraction of sp³-hybridized carbons (Fsp3) is 0.462. The number of nitrogens with one attached hydrogen (secondary N) is 1. The first-order valence-electron chi connectivity index (χ1n) is 6.15. The van der Waals surface area contributed by atoms with Crippen LogP contribution in [-0.4, -0.2) is 40.3 Å². The Hall–Kier alpha value is -1.76. The number of benzene rings is 1. The summed E-state index contributed by atoms with van der Waals surface area (Å²) in [7, 11) is -2.14. The van der Waals surface area contributed by atoms with Gasteiger partial charge in [-0.2, -0.15) is 0 Å². The van der Waals surface area contributed by atoms with Crippen molar-refractivity contribution in [2.45, 2.75) is 19.9 Å². The number of ether oxygens (including phenoxy) is 1.